The Morgan fingerprint density at radius 3 is 2.65 bits per heavy atom. The molecular formula is C17H21BrN2. The summed E-state index contributed by atoms with van der Waals surface area (Å²) in [5.41, 5.74) is 5.02. The van der Waals surface area contributed by atoms with Crippen molar-refractivity contribution in [2.75, 3.05) is 18.5 Å². The highest BCUT2D eigenvalue weighted by molar-refractivity contribution is 9.10. The lowest BCUT2D eigenvalue weighted by molar-refractivity contribution is 0.726. The first-order valence-electron chi connectivity index (χ1n) is 6.91. The van der Waals surface area contributed by atoms with Crippen LogP contribution in [0.4, 0.5) is 11.4 Å². The molecule has 2 aromatic carbocycles. The molecule has 0 saturated heterocycles. The molecule has 0 aliphatic carbocycles. The molecule has 0 saturated carbocycles. The van der Waals surface area contributed by atoms with Crippen molar-refractivity contribution in [3.8, 4) is 0 Å². The van der Waals surface area contributed by atoms with E-state index in [2.05, 4.69) is 89.5 Å². The molecule has 1 N–H and O–H groups in total. The molecule has 2 nitrogen and oxygen atoms in total. The maximum atomic E-state index is 3.57. The van der Waals surface area contributed by atoms with E-state index < -0.39 is 0 Å². The minimum absolute atomic E-state index is 0.884. The number of aryl methyl sites for hydroxylation is 1. The zero-order valence-corrected chi connectivity index (χ0v) is 13.9. The van der Waals surface area contributed by atoms with Gasteiger partial charge in [0.25, 0.3) is 0 Å². The molecule has 0 aliphatic rings. The highest BCUT2D eigenvalue weighted by atomic mass is 79.9. The summed E-state index contributed by atoms with van der Waals surface area (Å²) in [6.07, 6.45) is 0. The van der Waals surface area contributed by atoms with Crippen molar-refractivity contribution in [2.24, 2.45) is 0 Å². The van der Waals surface area contributed by atoms with Crippen LogP contribution in [0.1, 0.15) is 18.1 Å². The standard InChI is InChI=1S/C17H21BrN2/c1-4-19-12-14-8-9-15(18)11-17(14)20(3)16-7-5-6-13(2)10-16/h5-11,19H,4,12H2,1-3H3. The van der Waals surface area contributed by atoms with Gasteiger partial charge < -0.3 is 10.2 Å². The topological polar surface area (TPSA) is 15.3 Å². The third kappa shape index (κ3) is 3.62. The number of anilines is 2. The number of benzene rings is 2. The highest BCUT2D eigenvalue weighted by Gasteiger charge is 2.10. The second kappa shape index (κ2) is 6.91. The summed E-state index contributed by atoms with van der Waals surface area (Å²) in [7, 11) is 2.12. The molecule has 0 fully saturated rings. The van der Waals surface area contributed by atoms with Gasteiger partial charge in [-0.2, -0.15) is 0 Å². The smallest absolute Gasteiger partial charge is 0.0465 e. The fraction of sp³-hybridized carbons (Fsp3) is 0.294. The summed E-state index contributed by atoms with van der Waals surface area (Å²) in [5.74, 6) is 0. The van der Waals surface area contributed by atoms with Gasteiger partial charge in [0.15, 0.2) is 0 Å². The van der Waals surface area contributed by atoms with Crippen LogP contribution in [0.3, 0.4) is 0 Å². The van der Waals surface area contributed by atoms with Crippen LogP contribution in [0.25, 0.3) is 0 Å². The van der Waals surface area contributed by atoms with Crippen LogP contribution < -0.4 is 10.2 Å². The number of nitrogens with zero attached hydrogens (tertiary/aromatic N) is 1. The van der Waals surface area contributed by atoms with Crippen molar-refractivity contribution in [2.45, 2.75) is 20.4 Å². The molecule has 3 heteroatoms. The van der Waals surface area contributed by atoms with Crippen molar-refractivity contribution in [1.82, 2.24) is 5.32 Å². The average Bonchev–Trinajstić information content (AvgIpc) is 2.45. The Morgan fingerprint density at radius 2 is 1.95 bits per heavy atom. The van der Waals surface area contributed by atoms with Gasteiger partial charge in [0.2, 0.25) is 0 Å². The third-order valence-electron chi connectivity index (χ3n) is 3.36. The van der Waals surface area contributed by atoms with E-state index in [-0.39, 0.29) is 0 Å². The number of hydrogen-bond donors (Lipinski definition) is 1. The molecule has 0 bridgehead atoms. The zero-order valence-electron chi connectivity index (χ0n) is 12.3. The van der Waals surface area contributed by atoms with Gasteiger partial charge in [-0.05, 0) is 48.9 Å². The van der Waals surface area contributed by atoms with Gasteiger partial charge in [-0.15, -0.1) is 0 Å². The molecule has 0 unspecified atom stereocenters. The van der Waals surface area contributed by atoms with Crippen molar-refractivity contribution >= 4 is 27.3 Å². The molecule has 106 valence electrons. The highest BCUT2D eigenvalue weighted by Crippen LogP contribution is 2.30. The lowest BCUT2D eigenvalue weighted by Gasteiger charge is -2.23. The second-order valence-electron chi connectivity index (χ2n) is 4.95. The normalized spacial score (nSPS) is 10.6. The van der Waals surface area contributed by atoms with Gasteiger partial charge in [0.1, 0.15) is 0 Å². The van der Waals surface area contributed by atoms with Crippen molar-refractivity contribution in [1.29, 1.82) is 0 Å². The molecule has 0 amide bonds. The van der Waals surface area contributed by atoms with Gasteiger partial charge >= 0.3 is 0 Å². The first-order chi connectivity index (χ1) is 9.61. The first-order valence-corrected chi connectivity index (χ1v) is 7.70. The lowest BCUT2D eigenvalue weighted by Crippen LogP contribution is -2.17. The number of rotatable bonds is 5. The molecular weight excluding hydrogens is 312 g/mol. The molecule has 0 atom stereocenters. The number of halogens is 1. The summed E-state index contributed by atoms with van der Waals surface area (Å²) in [6, 6.07) is 15.0. The minimum atomic E-state index is 0.884. The van der Waals surface area contributed by atoms with Crippen LogP contribution in [-0.4, -0.2) is 13.6 Å². The molecule has 0 aromatic heterocycles. The number of hydrogen-bond acceptors (Lipinski definition) is 2. The Morgan fingerprint density at radius 1 is 1.15 bits per heavy atom. The van der Waals surface area contributed by atoms with E-state index in [9.17, 15) is 0 Å². The van der Waals surface area contributed by atoms with E-state index in [1.165, 1.54) is 22.5 Å². The summed E-state index contributed by atoms with van der Waals surface area (Å²) >= 11 is 3.57. The van der Waals surface area contributed by atoms with E-state index in [4.69, 9.17) is 0 Å². The van der Waals surface area contributed by atoms with Gasteiger partial charge in [0.05, 0.1) is 0 Å². The molecule has 0 aliphatic heterocycles. The SMILES string of the molecule is CCNCc1ccc(Br)cc1N(C)c1cccc(C)c1. The van der Waals surface area contributed by atoms with Crippen LogP contribution in [0, 0.1) is 6.92 Å². The molecule has 0 radical (unpaired) electrons. The summed E-state index contributed by atoms with van der Waals surface area (Å²) < 4.78 is 1.10. The molecule has 2 rings (SSSR count). The van der Waals surface area contributed by atoms with Gasteiger partial charge in [0, 0.05) is 29.4 Å². The lowest BCUT2D eigenvalue weighted by atomic mass is 10.1. The Kier molecular flexibility index (Phi) is 5.21. The van der Waals surface area contributed by atoms with Gasteiger partial charge in [-0.25, -0.2) is 0 Å². The van der Waals surface area contributed by atoms with E-state index in [1.807, 2.05) is 0 Å². The minimum Gasteiger partial charge on any atom is -0.344 e. The molecule has 0 heterocycles. The van der Waals surface area contributed by atoms with Gasteiger partial charge in [-0.3, -0.25) is 0 Å². The maximum absolute atomic E-state index is 3.57. The Balaban J connectivity index is 2.37. The molecule has 0 spiro atoms. The fourth-order valence-electron chi connectivity index (χ4n) is 2.23. The zero-order chi connectivity index (χ0) is 14.5. The van der Waals surface area contributed by atoms with E-state index in [1.54, 1.807) is 0 Å². The Labute approximate surface area is 129 Å². The molecule has 2 aromatic rings. The van der Waals surface area contributed by atoms with Crippen LogP contribution in [0.5, 0.6) is 0 Å². The monoisotopic (exact) mass is 332 g/mol. The first kappa shape index (κ1) is 15.1. The Hall–Kier alpha value is -1.32. The quantitative estimate of drug-likeness (QED) is 0.858. The van der Waals surface area contributed by atoms with E-state index in [0.717, 1.165) is 17.6 Å². The maximum Gasteiger partial charge on any atom is 0.0465 e. The average molecular weight is 333 g/mol. The van der Waals surface area contributed by atoms with Crippen molar-refractivity contribution in [3.63, 3.8) is 0 Å². The van der Waals surface area contributed by atoms with Crippen molar-refractivity contribution < 1.29 is 0 Å². The third-order valence-corrected chi connectivity index (χ3v) is 3.86. The largest absolute Gasteiger partial charge is 0.344 e. The van der Waals surface area contributed by atoms with E-state index in [0.29, 0.717) is 0 Å². The van der Waals surface area contributed by atoms with Crippen LogP contribution >= 0.6 is 15.9 Å². The van der Waals surface area contributed by atoms with Crippen LogP contribution in [-0.2, 0) is 6.54 Å². The second-order valence-corrected chi connectivity index (χ2v) is 5.87. The summed E-state index contributed by atoms with van der Waals surface area (Å²) in [4.78, 5) is 2.24. The van der Waals surface area contributed by atoms with Crippen LogP contribution in [0.15, 0.2) is 46.9 Å². The van der Waals surface area contributed by atoms with E-state index >= 15 is 0 Å². The van der Waals surface area contributed by atoms with Crippen molar-refractivity contribution in [3.05, 3.63) is 58.1 Å². The predicted molar refractivity (Wildman–Crippen MR) is 90.8 cm³/mol. The summed E-state index contributed by atoms with van der Waals surface area (Å²) in [6.45, 7) is 6.11. The predicted octanol–water partition coefficient (Wildman–Crippen LogP) is 4.63. The molecule has 20 heavy (non-hydrogen) atoms. The number of nitrogens with one attached hydrogen (secondary N) is 1. The van der Waals surface area contributed by atoms with Gasteiger partial charge in [-0.1, -0.05) is 41.1 Å². The Bertz CT molecular complexity index is 581. The van der Waals surface area contributed by atoms with Crippen LogP contribution in [0.2, 0.25) is 0 Å². The summed E-state index contributed by atoms with van der Waals surface area (Å²) in [5, 5.41) is 3.40. The fourth-order valence-corrected chi connectivity index (χ4v) is 2.58.